The number of hydrogen-bond donors (Lipinski definition) is 11. The van der Waals surface area contributed by atoms with Crippen molar-refractivity contribution in [1.29, 1.82) is 0 Å². The number of aryl methyl sites for hydroxylation is 1. The van der Waals surface area contributed by atoms with Crippen LogP contribution < -0.4 is 10.6 Å². The van der Waals surface area contributed by atoms with Gasteiger partial charge < -0.3 is 56.6 Å². The fourth-order valence-corrected chi connectivity index (χ4v) is 11.0. The van der Waals surface area contributed by atoms with Crippen LogP contribution in [0.2, 0.25) is 0 Å². The van der Waals surface area contributed by atoms with E-state index in [1.165, 1.54) is 0 Å². The van der Waals surface area contributed by atoms with Crippen molar-refractivity contribution in [2.45, 2.75) is 190 Å². The lowest BCUT2D eigenvalue weighted by Gasteiger charge is -2.52. The van der Waals surface area contributed by atoms with Gasteiger partial charge in [-0.15, -0.1) is 0 Å². The molecule has 1 saturated heterocycles. The minimum absolute atomic E-state index is 0.0106. The van der Waals surface area contributed by atoms with Crippen molar-refractivity contribution >= 4 is 5.97 Å². The van der Waals surface area contributed by atoms with Gasteiger partial charge in [0.25, 0.3) is 0 Å². The Labute approximate surface area is 386 Å². The quantitative estimate of drug-likeness (QED) is 0.0782. The molecule has 2 aliphatic heterocycles. The molecule has 3 aliphatic rings. The average Bonchev–Trinajstić information content (AvgIpc) is 3.45. The van der Waals surface area contributed by atoms with Crippen LogP contribution in [0.1, 0.15) is 140 Å². The maximum atomic E-state index is 13.4. The maximum absolute atomic E-state index is 13.4. The molecule has 0 bridgehead atoms. The number of aromatic hydroxyl groups is 1. The normalized spacial score (nSPS) is 28.2. The van der Waals surface area contributed by atoms with E-state index in [2.05, 4.69) is 22.5 Å². The van der Waals surface area contributed by atoms with E-state index >= 15 is 0 Å². The fourth-order valence-electron chi connectivity index (χ4n) is 11.0. The predicted molar refractivity (Wildman–Crippen MR) is 253 cm³/mol. The number of phenolic OH excluding ortho intramolecular Hbond substituents is 1. The first kappa shape index (κ1) is 52.4. The smallest absolute Gasteiger partial charge is 0.303 e. The number of aliphatic carboxylic acids is 1. The fraction of sp³-hybridized carbons (Fsp3) is 0.642. The van der Waals surface area contributed by atoms with E-state index in [4.69, 9.17) is 0 Å². The van der Waals surface area contributed by atoms with E-state index in [-0.39, 0.29) is 56.4 Å². The standard InChI is InChI=1S/C53H78N2O10/c1-4-5-15-46(60)47(61)27-21-38-20-19-37-13-8-7-12-36(37)14-11-16-49(52(3,65)53(29-9-6-10-30-53)40-22-24-41(58)25-23-40)55-45(43(38)31-42(59)34-57)26-28-48(62)51-44(32-50(63)64)39(33-56)18-17-35(2)54-51/h7-8,12-13,21-25,27,35,39,42,44-49,51,54-62,65H,4-6,9-10,15-20,26,28-34H2,1-3H3,(H,63,64)/b27-21+,43-38+/t35-,39-,42+,44+,45+,46+,47-,48+,49-,51+,52-/m1/s1. The van der Waals surface area contributed by atoms with Crippen LogP contribution in [0.25, 0.3) is 0 Å². The number of hydrogen-bond acceptors (Lipinski definition) is 11. The second kappa shape index (κ2) is 25.0. The Hall–Kier alpha value is -3.61. The highest BCUT2D eigenvalue weighted by molar-refractivity contribution is 5.67. The van der Waals surface area contributed by atoms with Crippen LogP contribution in [0.15, 0.2) is 71.8 Å². The molecule has 5 rings (SSSR count). The SMILES string of the molecule is CCCC[C@H](O)[C@H](O)/C=C/C1=C(\C[C@H](O)CO)[C@H](CC[C@H](O)[C@H]2N[C@H](C)CC[C@H](CO)[C@@H]2CC(=O)O)N[C@@H]([C@@](C)(O)C2(c3ccc(O)cc3)CCCCC2)CC#Cc2ccccc2CC1. The van der Waals surface area contributed by atoms with E-state index in [1.54, 1.807) is 24.3 Å². The Morgan fingerprint density at radius 2 is 1.69 bits per heavy atom. The topological polar surface area (TPSA) is 223 Å². The maximum Gasteiger partial charge on any atom is 0.303 e. The number of allylic oxidation sites excluding steroid dienone is 2. The van der Waals surface area contributed by atoms with Crippen LogP contribution in [-0.2, 0) is 16.6 Å². The summed E-state index contributed by atoms with van der Waals surface area (Å²) in [5.41, 5.74) is 1.98. The molecule has 0 unspecified atom stereocenters. The van der Waals surface area contributed by atoms with Crippen LogP contribution in [0.5, 0.6) is 5.75 Å². The Bertz CT molecular complexity index is 1910. The van der Waals surface area contributed by atoms with Crippen molar-refractivity contribution in [2.75, 3.05) is 13.2 Å². The number of aliphatic hydroxyl groups excluding tert-OH is 6. The molecule has 12 heteroatoms. The zero-order valence-corrected chi connectivity index (χ0v) is 38.9. The van der Waals surface area contributed by atoms with Gasteiger partial charge in [0.15, 0.2) is 0 Å². The summed E-state index contributed by atoms with van der Waals surface area (Å²) in [4.78, 5) is 12.2. The molecule has 12 nitrogen and oxygen atoms in total. The van der Waals surface area contributed by atoms with Gasteiger partial charge in [-0.25, -0.2) is 0 Å². The lowest BCUT2D eigenvalue weighted by molar-refractivity contribution is -0.139. The Balaban J connectivity index is 1.70. The third-order valence-corrected chi connectivity index (χ3v) is 15.0. The van der Waals surface area contributed by atoms with Crippen LogP contribution >= 0.6 is 0 Å². The Morgan fingerprint density at radius 3 is 2.37 bits per heavy atom. The van der Waals surface area contributed by atoms with Gasteiger partial charge in [-0.1, -0.05) is 93.4 Å². The van der Waals surface area contributed by atoms with Gasteiger partial charge in [-0.3, -0.25) is 4.79 Å². The summed E-state index contributed by atoms with van der Waals surface area (Å²) >= 11 is 0. The molecule has 0 radical (unpaired) electrons. The molecule has 1 saturated carbocycles. The molecular weight excluding hydrogens is 825 g/mol. The van der Waals surface area contributed by atoms with Crippen LogP contribution in [0.3, 0.4) is 0 Å². The van der Waals surface area contributed by atoms with Crippen LogP contribution in [0, 0.1) is 23.7 Å². The van der Waals surface area contributed by atoms with Crippen molar-refractivity contribution in [3.05, 3.63) is 88.5 Å². The second-order valence-electron chi connectivity index (χ2n) is 19.4. The lowest BCUT2D eigenvalue weighted by atomic mass is 9.57. The molecule has 360 valence electrons. The minimum Gasteiger partial charge on any atom is -0.508 e. The van der Waals surface area contributed by atoms with Crippen LogP contribution in [0.4, 0.5) is 0 Å². The van der Waals surface area contributed by atoms with Gasteiger partial charge in [-0.05, 0) is 130 Å². The van der Waals surface area contributed by atoms with Gasteiger partial charge >= 0.3 is 5.97 Å². The predicted octanol–water partition coefficient (Wildman–Crippen LogP) is 5.55. The van der Waals surface area contributed by atoms with Gasteiger partial charge in [0.2, 0.25) is 0 Å². The molecule has 65 heavy (non-hydrogen) atoms. The number of benzene rings is 2. The van der Waals surface area contributed by atoms with Gasteiger partial charge in [0.1, 0.15) is 5.75 Å². The van der Waals surface area contributed by atoms with E-state index in [0.717, 1.165) is 54.4 Å². The first-order valence-corrected chi connectivity index (χ1v) is 24.3. The largest absolute Gasteiger partial charge is 0.508 e. The average molecular weight is 903 g/mol. The number of nitrogens with one attached hydrogen (secondary N) is 2. The number of phenols is 1. The third kappa shape index (κ3) is 13.7. The minimum atomic E-state index is -1.46. The van der Waals surface area contributed by atoms with Crippen molar-refractivity contribution in [3.63, 3.8) is 0 Å². The highest BCUT2D eigenvalue weighted by Crippen LogP contribution is 2.50. The highest BCUT2D eigenvalue weighted by Gasteiger charge is 2.53. The number of carboxylic acid groups (broad SMARTS) is 1. The molecule has 2 aromatic rings. The zero-order chi connectivity index (χ0) is 47.1. The number of unbranched alkanes of at least 4 members (excludes halogenated alkanes) is 1. The van der Waals surface area contributed by atoms with E-state index < -0.39 is 72.1 Å². The molecule has 2 fully saturated rings. The molecule has 2 aromatic carbocycles. The zero-order valence-electron chi connectivity index (χ0n) is 38.9. The van der Waals surface area contributed by atoms with Gasteiger partial charge in [0.05, 0.1) is 43.0 Å². The van der Waals surface area contributed by atoms with E-state index in [9.17, 15) is 50.8 Å². The highest BCUT2D eigenvalue weighted by atomic mass is 16.4. The van der Waals surface area contributed by atoms with Crippen molar-refractivity contribution in [2.24, 2.45) is 11.8 Å². The molecular formula is C53H78N2O10. The monoisotopic (exact) mass is 903 g/mol. The Kier molecular flexibility index (Phi) is 20.1. The molecule has 0 amide bonds. The third-order valence-electron chi connectivity index (χ3n) is 15.0. The number of rotatable bonds is 19. The van der Waals surface area contributed by atoms with Gasteiger partial charge in [-0.2, -0.15) is 0 Å². The van der Waals surface area contributed by atoms with Crippen molar-refractivity contribution in [3.8, 4) is 17.6 Å². The number of aliphatic hydroxyl groups is 7. The van der Waals surface area contributed by atoms with E-state index in [0.29, 0.717) is 50.5 Å². The molecule has 0 aromatic heterocycles. The second-order valence-corrected chi connectivity index (χ2v) is 19.4. The van der Waals surface area contributed by atoms with Gasteiger partial charge in [0, 0.05) is 48.2 Å². The molecule has 11 atom stereocenters. The summed E-state index contributed by atoms with van der Waals surface area (Å²) in [7, 11) is 0. The summed E-state index contributed by atoms with van der Waals surface area (Å²) in [6.07, 6.45) is 7.85. The van der Waals surface area contributed by atoms with Crippen molar-refractivity contribution < 1.29 is 50.8 Å². The Morgan fingerprint density at radius 1 is 0.969 bits per heavy atom. The molecule has 2 heterocycles. The number of carbonyl (C=O) groups is 1. The summed E-state index contributed by atoms with van der Waals surface area (Å²) in [6.45, 7) is 5.14. The summed E-state index contributed by atoms with van der Waals surface area (Å²) in [5.74, 6) is 5.08. The first-order chi connectivity index (χ1) is 31.1. The van der Waals surface area contributed by atoms with Crippen molar-refractivity contribution in [1.82, 2.24) is 10.6 Å². The molecule has 11 N–H and O–H groups in total. The summed E-state index contributed by atoms with van der Waals surface area (Å²) in [6, 6.07) is 12.9. The number of fused-ring (bicyclic) bond motifs is 1. The number of carboxylic acids is 1. The van der Waals surface area contributed by atoms with E-state index in [1.807, 2.05) is 57.2 Å². The first-order valence-electron chi connectivity index (χ1n) is 24.3. The summed E-state index contributed by atoms with van der Waals surface area (Å²) < 4.78 is 0. The molecule has 0 spiro atoms. The summed E-state index contributed by atoms with van der Waals surface area (Å²) in [5, 5.41) is 108. The molecule has 1 aliphatic carbocycles. The van der Waals surface area contributed by atoms with Crippen LogP contribution in [-0.4, -0.2) is 119 Å². The lowest BCUT2D eigenvalue weighted by Crippen LogP contribution is -2.63.